The minimum absolute atomic E-state index is 0.000811. The van der Waals surface area contributed by atoms with Crippen LogP contribution < -0.4 is 0 Å². The van der Waals surface area contributed by atoms with E-state index in [1.54, 1.807) is 0 Å². The Hall–Kier alpha value is -1.47. The van der Waals surface area contributed by atoms with Gasteiger partial charge in [-0.05, 0) is 16.3 Å². The Kier molecular flexibility index (Phi) is 4.54. The molecule has 0 bridgehead atoms. The molecule has 2 aromatic carbocycles. The summed E-state index contributed by atoms with van der Waals surface area (Å²) >= 11 is 0. The molecule has 2 heterocycles. The summed E-state index contributed by atoms with van der Waals surface area (Å²) < 4.78 is 24.5. The van der Waals surface area contributed by atoms with Crippen molar-refractivity contribution in [3.8, 4) is 0 Å². The molecule has 2 aromatic rings. The van der Waals surface area contributed by atoms with E-state index in [4.69, 9.17) is 0 Å². The highest BCUT2D eigenvalue weighted by Gasteiger charge is 2.46. The number of nitrogens with zero attached hydrogens (tertiary/aromatic N) is 2. The number of benzene rings is 2. The van der Waals surface area contributed by atoms with Gasteiger partial charge in [0.25, 0.3) is 0 Å². The van der Waals surface area contributed by atoms with Crippen LogP contribution in [0, 0.1) is 0 Å². The molecule has 2 aliphatic heterocycles. The fourth-order valence-electron chi connectivity index (χ4n) is 4.35. The summed E-state index contributed by atoms with van der Waals surface area (Å²) in [5, 5.41) is 11.7. The molecule has 5 nitrogen and oxygen atoms in total. The molecule has 4 rings (SSSR count). The zero-order valence-electron chi connectivity index (χ0n) is 14.2. The van der Waals surface area contributed by atoms with Gasteiger partial charge in [0.1, 0.15) is 0 Å². The van der Waals surface area contributed by atoms with E-state index in [0.29, 0.717) is 6.54 Å². The maximum atomic E-state index is 12.2. The van der Waals surface area contributed by atoms with Crippen LogP contribution in [0.15, 0.2) is 42.5 Å². The van der Waals surface area contributed by atoms with Gasteiger partial charge < -0.3 is 5.11 Å². The first-order valence-electron chi connectivity index (χ1n) is 8.83. The maximum Gasteiger partial charge on any atom is 0.153 e. The van der Waals surface area contributed by atoms with E-state index in [1.165, 1.54) is 16.3 Å². The van der Waals surface area contributed by atoms with Gasteiger partial charge in [-0.1, -0.05) is 42.5 Å². The van der Waals surface area contributed by atoms with Crippen molar-refractivity contribution in [3.05, 3.63) is 48.0 Å². The molecule has 0 saturated carbocycles. The molecule has 0 aliphatic carbocycles. The van der Waals surface area contributed by atoms with Crippen LogP contribution in [0.5, 0.6) is 0 Å². The predicted octanol–water partition coefficient (Wildman–Crippen LogP) is 1.12. The molecule has 0 unspecified atom stereocenters. The van der Waals surface area contributed by atoms with Gasteiger partial charge in [0.05, 0.1) is 18.1 Å². The lowest BCUT2D eigenvalue weighted by molar-refractivity contribution is 0.0310. The Labute approximate surface area is 148 Å². The average Bonchev–Trinajstić information content (AvgIpc) is 2.93. The van der Waals surface area contributed by atoms with Gasteiger partial charge in [-0.2, -0.15) is 0 Å². The summed E-state index contributed by atoms with van der Waals surface area (Å²) in [5.41, 5.74) is 1.25. The topological polar surface area (TPSA) is 60.9 Å². The van der Waals surface area contributed by atoms with Crippen LogP contribution in [-0.2, 0) is 16.4 Å². The van der Waals surface area contributed by atoms with Crippen molar-refractivity contribution < 1.29 is 13.5 Å². The molecule has 0 aromatic heterocycles. The first-order valence-corrected chi connectivity index (χ1v) is 10.7. The largest absolute Gasteiger partial charge is 0.395 e. The number of hydrogen-bond acceptors (Lipinski definition) is 5. The normalized spacial score (nSPS) is 26.8. The minimum Gasteiger partial charge on any atom is -0.395 e. The monoisotopic (exact) mass is 360 g/mol. The zero-order valence-corrected chi connectivity index (χ0v) is 15.0. The van der Waals surface area contributed by atoms with Crippen LogP contribution in [0.3, 0.4) is 0 Å². The standard InChI is InChI=1S/C19H24N2O3S/c22-11-10-20-8-9-21(19-14-25(23,24)13-18(19)20)12-16-6-3-5-15-4-1-2-7-17(15)16/h1-7,18-19,22H,8-14H2/t18-,19+/m0/s1. The third-order valence-electron chi connectivity index (χ3n) is 5.55. The smallest absolute Gasteiger partial charge is 0.153 e. The van der Waals surface area contributed by atoms with Crippen LogP contribution in [0.2, 0.25) is 0 Å². The van der Waals surface area contributed by atoms with E-state index >= 15 is 0 Å². The Balaban J connectivity index is 1.62. The van der Waals surface area contributed by atoms with E-state index in [2.05, 4.69) is 40.1 Å². The molecule has 0 amide bonds. The van der Waals surface area contributed by atoms with Crippen LogP contribution in [0.4, 0.5) is 0 Å². The number of aliphatic hydroxyl groups excluding tert-OH is 1. The molecule has 2 atom stereocenters. The summed E-state index contributed by atoms with van der Waals surface area (Å²) in [6.45, 7) is 3.04. The number of piperazine rings is 1. The van der Waals surface area contributed by atoms with Crippen molar-refractivity contribution in [2.45, 2.75) is 18.6 Å². The second-order valence-electron chi connectivity index (χ2n) is 7.08. The van der Waals surface area contributed by atoms with E-state index in [0.717, 1.165) is 19.6 Å². The van der Waals surface area contributed by atoms with Gasteiger partial charge in [0.15, 0.2) is 9.84 Å². The molecule has 2 fully saturated rings. The van der Waals surface area contributed by atoms with E-state index < -0.39 is 9.84 Å². The highest BCUT2D eigenvalue weighted by molar-refractivity contribution is 7.91. The van der Waals surface area contributed by atoms with Crippen molar-refractivity contribution in [1.29, 1.82) is 0 Å². The first-order chi connectivity index (χ1) is 12.1. The maximum absolute atomic E-state index is 12.2. The second-order valence-corrected chi connectivity index (χ2v) is 9.23. The minimum atomic E-state index is -3.01. The lowest BCUT2D eigenvalue weighted by Crippen LogP contribution is -2.59. The number of fused-ring (bicyclic) bond motifs is 2. The lowest BCUT2D eigenvalue weighted by Gasteiger charge is -2.43. The molecule has 6 heteroatoms. The molecule has 134 valence electrons. The quantitative estimate of drug-likeness (QED) is 0.885. The van der Waals surface area contributed by atoms with Gasteiger partial charge in [0.2, 0.25) is 0 Å². The number of β-amino-alcohol motifs (C(OH)–C–C–N with tert-alkyl or cyclic N) is 1. The Morgan fingerprint density at radius 3 is 2.44 bits per heavy atom. The van der Waals surface area contributed by atoms with E-state index in [-0.39, 0.29) is 30.2 Å². The summed E-state index contributed by atoms with van der Waals surface area (Å²) in [4.78, 5) is 4.47. The SMILES string of the molecule is O=S1(=O)C[C@@H]2[C@H](C1)N(CCO)CCN2Cc1cccc2ccccc12. The molecule has 0 spiro atoms. The van der Waals surface area contributed by atoms with Crippen molar-refractivity contribution in [2.24, 2.45) is 0 Å². The molecule has 0 radical (unpaired) electrons. The zero-order chi connectivity index (χ0) is 17.4. The van der Waals surface area contributed by atoms with Crippen molar-refractivity contribution >= 4 is 20.6 Å². The highest BCUT2D eigenvalue weighted by atomic mass is 32.2. The average molecular weight is 360 g/mol. The number of aliphatic hydroxyl groups is 1. The van der Waals surface area contributed by atoms with Crippen LogP contribution in [0.25, 0.3) is 10.8 Å². The predicted molar refractivity (Wildman–Crippen MR) is 99.2 cm³/mol. The fourth-order valence-corrected chi connectivity index (χ4v) is 6.39. The lowest BCUT2D eigenvalue weighted by atomic mass is 10.0. The van der Waals surface area contributed by atoms with Gasteiger partial charge >= 0.3 is 0 Å². The molecule has 2 aliphatic rings. The summed E-state index contributed by atoms with van der Waals surface area (Å²) in [5.74, 6) is 0.439. The van der Waals surface area contributed by atoms with Gasteiger partial charge in [-0.25, -0.2) is 8.42 Å². The van der Waals surface area contributed by atoms with Gasteiger partial charge in [-0.15, -0.1) is 0 Å². The number of hydrogen-bond donors (Lipinski definition) is 1. The van der Waals surface area contributed by atoms with Crippen molar-refractivity contribution in [2.75, 3.05) is 37.7 Å². The molecular weight excluding hydrogens is 336 g/mol. The van der Waals surface area contributed by atoms with E-state index in [9.17, 15) is 13.5 Å². The molecule has 25 heavy (non-hydrogen) atoms. The number of rotatable bonds is 4. The Morgan fingerprint density at radius 1 is 0.960 bits per heavy atom. The fraction of sp³-hybridized carbons (Fsp3) is 0.474. The molecule has 2 saturated heterocycles. The van der Waals surface area contributed by atoms with Crippen molar-refractivity contribution in [3.63, 3.8) is 0 Å². The van der Waals surface area contributed by atoms with Crippen LogP contribution in [-0.4, -0.2) is 73.2 Å². The summed E-state index contributed by atoms with van der Waals surface area (Å²) in [6.07, 6.45) is 0. The van der Waals surface area contributed by atoms with Gasteiger partial charge in [-0.3, -0.25) is 9.80 Å². The third kappa shape index (κ3) is 3.31. The molecular formula is C19H24N2O3S. The van der Waals surface area contributed by atoms with E-state index in [1.807, 2.05) is 12.1 Å². The van der Waals surface area contributed by atoms with Crippen LogP contribution >= 0.6 is 0 Å². The Morgan fingerprint density at radius 2 is 1.64 bits per heavy atom. The highest BCUT2D eigenvalue weighted by Crippen LogP contribution is 2.29. The first kappa shape index (κ1) is 17.0. The second kappa shape index (κ2) is 6.68. The third-order valence-corrected chi connectivity index (χ3v) is 7.25. The Bertz CT molecular complexity index is 863. The molecule has 1 N–H and O–H groups in total. The van der Waals surface area contributed by atoms with Crippen molar-refractivity contribution in [1.82, 2.24) is 9.80 Å². The summed E-state index contributed by atoms with van der Waals surface area (Å²) in [7, 11) is -3.01. The van der Waals surface area contributed by atoms with Crippen LogP contribution in [0.1, 0.15) is 5.56 Å². The summed E-state index contributed by atoms with van der Waals surface area (Å²) in [6, 6.07) is 14.7. The number of sulfone groups is 1. The van der Waals surface area contributed by atoms with Gasteiger partial charge in [0, 0.05) is 38.3 Å².